The minimum atomic E-state index is -1.38. The molecule has 2 N–H and O–H groups in total. The summed E-state index contributed by atoms with van der Waals surface area (Å²) in [6, 6.07) is 12.8. The van der Waals surface area contributed by atoms with Gasteiger partial charge in [0.15, 0.2) is 5.60 Å². The highest BCUT2D eigenvalue weighted by Gasteiger charge is 2.54. The summed E-state index contributed by atoms with van der Waals surface area (Å²) in [6.45, 7) is 6.58. The van der Waals surface area contributed by atoms with Crippen LogP contribution >= 0.6 is 11.6 Å². The highest BCUT2D eigenvalue weighted by atomic mass is 35.5. The Kier molecular flexibility index (Phi) is 9.36. The quantitative estimate of drug-likeness (QED) is 0.309. The van der Waals surface area contributed by atoms with E-state index in [1.165, 1.54) is 26.4 Å². The first-order valence-electron chi connectivity index (χ1n) is 13.4. The zero-order valence-corrected chi connectivity index (χ0v) is 24.2. The van der Waals surface area contributed by atoms with Crippen molar-refractivity contribution < 1.29 is 28.9 Å². The number of nitrogens with zero attached hydrogens (tertiary/aromatic N) is 1. The van der Waals surface area contributed by atoms with Crippen molar-refractivity contribution in [3.8, 4) is 5.75 Å². The number of anilines is 1. The largest absolute Gasteiger partial charge is 0.496 e. The Bertz CT molecular complexity index is 1290. The third kappa shape index (κ3) is 5.95. The molecule has 214 valence electrons. The average molecular weight is 569 g/mol. The van der Waals surface area contributed by atoms with Crippen LogP contribution in [0.4, 0.5) is 5.69 Å². The molecule has 0 spiro atoms. The van der Waals surface area contributed by atoms with Gasteiger partial charge in [-0.2, -0.15) is 0 Å². The van der Waals surface area contributed by atoms with Crippen LogP contribution in [0.2, 0.25) is 5.02 Å². The second-order valence-electron chi connectivity index (χ2n) is 10.6. The van der Waals surface area contributed by atoms with E-state index in [1.54, 1.807) is 6.08 Å². The zero-order chi connectivity index (χ0) is 28.9. The zero-order valence-electron chi connectivity index (χ0n) is 23.4. The number of halogens is 1. The molecule has 4 rings (SSSR count). The molecule has 0 radical (unpaired) electrons. The fourth-order valence-electron chi connectivity index (χ4n) is 5.46. The number of allylic oxidation sites excluding steroid dienone is 2. The van der Waals surface area contributed by atoms with Gasteiger partial charge in [-0.3, -0.25) is 4.79 Å². The number of carbonyl (C=O) groups is 2. The van der Waals surface area contributed by atoms with Crippen molar-refractivity contribution >= 4 is 34.7 Å². The van der Waals surface area contributed by atoms with E-state index in [0.29, 0.717) is 19.6 Å². The second-order valence-corrected chi connectivity index (χ2v) is 11.0. The molecule has 9 heteroatoms. The van der Waals surface area contributed by atoms with Gasteiger partial charge in [-0.25, -0.2) is 4.79 Å². The number of aliphatic hydroxyl groups is 1. The van der Waals surface area contributed by atoms with Gasteiger partial charge in [0.05, 0.1) is 31.0 Å². The molecule has 1 aliphatic heterocycles. The molecule has 1 fully saturated rings. The Hall–Kier alpha value is -3.17. The summed E-state index contributed by atoms with van der Waals surface area (Å²) in [6.07, 6.45) is 6.83. The molecular weight excluding hydrogens is 532 g/mol. The van der Waals surface area contributed by atoms with Crippen LogP contribution in [0.5, 0.6) is 5.75 Å². The summed E-state index contributed by atoms with van der Waals surface area (Å²) in [7, 11) is 2.70. The molecular formula is C31H37ClN2O6. The van der Waals surface area contributed by atoms with Crippen molar-refractivity contribution in [2.24, 2.45) is 5.41 Å². The van der Waals surface area contributed by atoms with Crippen LogP contribution in [0.3, 0.4) is 0 Å². The molecule has 2 aromatic carbocycles. The standard InChI is InChI=1S/C31H37ClN2O6/c1-30(2)24(21-10-6-5-7-11-21)12-8-14-31(30,40-17-9-15-34-16-13-22(35)20-34)29(37)33-26-19-27(38-3)23(18-25(26)32)28(36)39-4/h5-8,10-12,14,18-19,22,35H,9,13,15-17,20H2,1-4H3,(H,33,37)/t22?,31-/m0/s1. The lowest BCUT2D eigenvalue weighted by atomic mass is 9.64. The van der Waals surface area contributed by atoms with Gasteiger partial charge in [0, 0.05) is 37.7 Å². The third-order valence-electron chi connectivity index (χ3n) is 7.76. The summed E-state index contributed by atoms with van der Waals surface area (Å²) in [5.41, 5.74) is 0.224. The van der Waals surface area contributed by atoms with Crippen molar-refractivity contribution in [2.45, 2.75) is 38.4 Å². The maximum Gasteiger partial charge on any atom is 0.341 e. The van der Waals surface area contributed by atoms with E-state index in [1.807, 2.05) is 56.3 Å². The first-order valence-corrected chi connectivity index (χ1v) is 13.8. The molecule has 8 nitrogen and oxygen atoms in total. The number of ether oxygens (including phenoxy) is 3. The summed E-state index contributed by atoms with van der Waals surface area (Å²) in [5, 5.41) is 13.0. The number of aliphatic hydroxyl groups excluding tert-OH is 1. The topological polar surface area (TPSA) is 97.3 Å². The first kappa shape index (κ1) is 29.8. The highest BCUT2D eigenvalue weighted by molar-refractivity contribution is 6.34. The van der Waals surface area contributed by atoms with Crippen LogP contribution in [0, 0.1) is 5.41 Å². The Morgan fingerprint density at radius 1 is 1.18 bits per heavy atom. The normalized spacial score (nSPS) is 22.1. The molecule has 1 aliphatic carbocycles. The maximum atomic E-state index is 14.3. The van der Waals surface area contributed by atoms with Crippen LogP contribution in [0.1, 0.15) is 42.6 Å². The number of esters is 1. The summed E-state index contributed by atoms with van der Waals surface area (Å²) >= 11 is 6.52. The third-order valence-corrected chi connectivity index (χ3v) is 8.07. The number of nitrogens with one attached hydrogen (secondary N) is 1. The highest BCUT2D eigenvalue weighted by Crippen LogP contribution is 2.49. The van der Waals surface area contributed by atoms with Crippen molar-refractivity contribution in [3.05, 3.63) is 76.8 Å². The summed E-state index contributed by atoms with van der Waals surface area (Å²) in [4.78, 5) is 28.6. The minimum Gasteiger partial charge on any atom is -0.496 e. The van der Waals surface area contributed by atoms with Gasteiger partial charge in [-0.05, 0) is 36.1 Å². The van der Waals surface area contributed by atoms with Crippen LogP contribution < -0.4 is 10.1 Å². The Morgan fingerprint density at radius 3 is 2.58 bits per heavy atom. The molecule has 1 heterocycles. The molecule has 2 aliphatic rings. The van der Waals surface area contributed by atoms with Crippen LogP contribution in [-0.2, 0) is 14.3 Å². The molecule has 1 saturated heterocycles. The van der Waals surface area contributed by atoms with Crippen LogP contribution in [-0.4, -0.2) is 74.0 Å². The fraction of sp³-hybridized carbons (Fsp3) is 0.419. The van der Waals surface area contributed by atoms with Gasteiger partial charge in [0.1, 0.15) is 11.3 Å². The van der Waals surface area contributed by atoms with E-state index in [-0.39, 0.29) is 28.1 Å². The molecule has 0 saturated carbocycles. The molecule has 1 unspecified atom stereocenters. The second kappa shape index (κ2) is 12.6. The van der Waals surface area contributed by atoms with Crippen LogP contribution in [0.25, 0.3) is 5.57 Å². The monoisotopic (exact) mass is 568 g/mol. The lowest BCUT2D eigenvalue weighted by molar-refractivity contribution is -0.145. The number of likely N-dealkylation sites (tertiary alicyclic amines) is 1. The van der Waals surface area contributed by atoms with Crippen molar-refractivity contribution in [1.82, 2.24) is 4.90 Å². The number of carbonyl (C=O) groups excluding carboxylic acids is 2. The number of methoxy groups -OCH3 is 2. The Labute approximate surface area is 240 Å². The molecule has 0 aromatic heterocycles. The minimum absolute atomic E-state index is 0.151. The van der Waals surface area contributed by atoms with E-state index in [4.69, 9.17) is 25.8 Å². The average Bonchev–Trinajstić information content (AvgIpc) is 3.37. The van der Waals surface area contributed by atoms with E-state index in [9.17, 15) is 14.7 Å². The fourth-order valence-corrected chi connectivity index (χ4v) is 5.68. The molecule has 1 amide bonds. The number of hydrogen-bond acceptors (Lipinski definition) is 7. The van der Waals surface area contributed by atoms with Crippen LogP contribution in [0.15, 0.2) is 60.7 Å². The van der Waals surface area contributed by atoms with Gasteiger partial charge in [-0.1, -0.05) is 67.9 Å². The molecule has 2 aromatic rings. The van der Waals surface area contributed by atoms with Gasteiger partial charge < -0.3 is 29.5 Å². The molecule has 0 bridgehead atoms. The van der Waals surface area contributed by atoms with Crippen molar-refractivity contribution in [1.29, 1.82) is 0 Å². The number of benzene rings is 2. The predicted molar refractivity (Wildman–Crippen MR) is 156 cm³/mol. The summed E-state index contributed by atoms with van der Waals surface area (Å²) in [5.74, 6) is -0.782. The Morgan fingerprint density at radius 2 is 1.93 bits per heavy atom. The molecule has 2 atom stereocenters. The van der Waals surface area contributed by atoms with Gasteiger partial charge in [0.25, 0.3) is 5.91 Å². The van der Waals surface area contributed by atoms with Gasteiger partial charge in [0.2, 0.25) is 0 Å². The smallest absolute Gasteiger partial charge is 0.341 e. The van der Waals surface area contributed by atoms with E-state index in [0.717, 1.165) is 30.6 Å². The number of rotatable bonds is 10. The maximum absolute atomic E-state index is 14.3. The lowest BCUT2D eigenvalue weighted by Gasteiger charge is -2.46. The van der Waals surface area contributed by atoms with Crippen molar-refractivity contribution in [3.63, 3.8) is 0 Å². The van der Waals surface area contributed by atoms with E-state index in [2.05, 4.69) is 10.2 Å². The van der Waals surface area contributed by atoms with E-state index >= 15 is 0 Å². The Balaban J connectivity index is 1.64. The first-order chi connectivity index (χ1) is 19.1. The number of hydrogen-bond donors (Lipinski definition) is 2. The summed E-state index contributed by atoms with van der Waals surface area (Å²) < 4.78 is 16.8. The van der Waals surface area contributed by atoms with Crippen molar-refractivity contribution in [2.75, 3.05) is 45.8 Å². The number of β-amino-alcohol motifs (C(OH)–C–C–N with tert-alkyl or cyclic N) is 1. The SMILES string of the molecule is COC(=O)c1cc(Cl)c(NC(=O)[C@@]2(OCCCN3CCC(O)C3)C=CC=C(c3ccccc3)C2(C)C)cc1OC. The van der Waals surface area contributed by atoms with Gasteiger partial charge in [-0.15, -0.1) is 0 Å². The van der Waals surface area contributed by atoms with E-state index < -0.39 is 22.9 Å². The van der Waals surface area contributed by atoms with Gasteiger partial charge >= 0.3 is 5.97 Å². The lowest BCUT2D eigenvalue weighted by Crippen LogP contribution is -2.56. The number of amides is 1. The molecule has 40 heavy (non-hydrogen) atoms. The predicted octanol–water partition coefficient (Wildman–Crippen LogP) is 4.97.